The zero-order valence-electron chi connectivity index (χ0n) is 26.8. The Labute approximate surface area is 331 Å². The summed E-state index contributed by atoms with van der Waals surface area (Å²) in [6, 6.07) is 31.0. The van der Waals surface area contributed by atoms with Crippen molar-refractivity contribution in [3.63, 3.8) is 0 Å². The van der Waals surface area contributed by atoms with Crippen molar-refractivity contribution in [1.29, 1.82) is 0 Å². The van der Waals surface area contributed by atoms with Gasteiger partial charge in [0, 0.05) is 119 Å². The number of fused-ring (bicyclic) bond motifs is 3. The molecule has 3 aromatic heterocycles. The second kappa shape index (κ2) is 28.0. The first-order chi connectivity index (χ1) is 18.9. The Morgan fingerprint density at radius 2 is 0.905 bits per heavy atom. The van der Waals surface area contributed by atoms with Crippen LogP contribution in [0.4, 0.5) is 0 Å². The maximum absolute atomic E-state index is 4.21. The van der Waals surface area contributed by atoms with Gasteiger partial charge in [0.15, 0.2) is 0 Å². The molecule has 7 heteroatoms. The quantitative estimate of drug-likeness (QED) is 0.141. The number of aromatic nitrogens is 4. The monoisotopic (exact) mass is 787 g/mol. The molecule has 6 aromatic rings. The van der Waals surface area contributed by atoms with Crippen molar-refractivity contribution in [2.45, 2.75) is 41.5 Å². The minimum absolute atomic E-state index is 0. The Morgan fingerprint density at radius 1 is 0.548 bits per heavy atom. The van der Waals surface area contributed by atoms with Crippen molar-refractivity contribution in [3.8, 4) is 0 Å². The van der Waals surface area contributed by atoms with E-state index < -0.39 is 0 Å². The zero-order chi connectivity index (χ0) is 29.0. The molecule has 0 bridgehead atoms. The maximum Gasteiger partial charge on any atom is 0.0284 e. The maximum atomic E-state index is 4.21. The van der Waals surface area contributed by atoms with Crippen LogP contribution in [-0.2, 0) is 119 Å². The molecule has 0 aliphatic heterocycles. The van der Waals surface area contributed by atoms with Crippen LogP contribution in [0.3, 0.4) is 0 Å². The number of hydrogen-bond acceptors (Lipinski definition) is 1. The number of hydrogen-bond donors (Lipinski definition) is 0. The smallest absolute Gasteiger partial charge is 0.0284 e. The normalized spacial score (nSPS) is 8.79. The third kappa shape index (κ3) is 17.1. The summed E-state index contributed by atoms with van der Waals surface area (Å²) in [5.41, 5.74) is 3.55. The number of rotatable bonds is 0. The summed E-state index contributed by atoms with van der Waals surface area (Å²) >= 11 is 0. The van der Waals surface area contributed by atoms with Gasteiger partial charge in [0.2, 0.25) is 0 Å². The van der Waals surface area contributed by atoms with Crippen LogP contribution < -0.4 is 0 Å². The molecule has 6 rings (SSSR count). The molecule has 0 atom stereocenters. The van der Waals surface area contributed by atoms with E-state index in [9.17, 15) is 0 Å². The van der Waals surface area contributed by atoms with Crippen molar-refractivity contribution >= 4 is 32.7 Å². The van der Waals surface area contributed by atoms with Crippen LogP contribution in [0, 0.1) is 37.5 Å². The van der Waals surface area contributed by atoms with Crippen molar-refractivity contribution in [3.05, 3.63) is 123 Å². The third-order valence-electron chi connectivity index (χ3n) is 4.92. The summed E-state index contributed by atoms with van der Waals surface area (Å²) in [6.07, 6.45) is 12.1. The third-order valence-corrected chi connectivity index (χ3v) is 4.92. The van der Waals surface area contributed by atoms with E-state index in [0.29, 0.717) is 0 Å². The summed E-state index contributed by atoms with van der Waals surface area (Å²) in [7, 11) is 6.00. The summed E-state index contributed by atoms with van der Waals surface area (Å²) in [4.78, 5) is 0. The van der Waals surface area contributed by atoms with E-state index in [2.05, 4.69) is 69.1 Å². The molecule has 0 fully saturated rings. The van der Waals surface area contributed by atoms with Gasteiger partial charge in [0.05, 0.1) is 0 Å². The molecule has 0 amide bonds. The molecule has 0 aliphatic rings. The van der Waals surface area contributed by atoms with Gasteiger partial charge in [-0.1, -0.05) is 28.6 Å². The summed E-state index contributed by atoms with van der Waals surface area (Å²) in [5, 5.41) is 7.86. The predicted octanol–water partition coefficient (Wildman–Crippen LogP) is 9.01. The van der Waals surface area contributed by atoms with E-state index in [-0.39, 0.29) is 98.1 Å². The molecule has 42 heavy (non-hydrogen) atoms. The Hall–Kier alpha value is -0.478. The molecule has 0 aliphatic carbocycles. The molecule has 4 nitrogen and oxygen atoms in total. The Bertz CT molecular complexity index is 1330. The van der Waals surface area contributed by atoms with Gasteiger partial charge in [-0.25, -0.2) is 5.10 Å². The van der Waals surface area contributed by atoms with Crippen LogP contribution in [0.5, 0.6) is 0 Å². The molecule has 3 radical (unpaired) electrons. The Kier molecular flexibility index (Phi) is 30.7. The first-order valence-electron chi connectivity index (χ1n) is 13.2. The standard InChI is InChI=1S/2C9H8N.C8H7N2.3C3H7.3Y/c2*1-10-7-6-8-4-2-3-5-9(8)10;1-10-6-7-4-2-3-5-8(7)9-10;3*1-3-2;;;/h2*3-7H,1H3;3-6H,1H3;3*3H,1-2H3;;;/q6*-1;;;. The van der Waals surface area contributed by atoms with Crippen molar-refractivity contribution < 1.29 is 98.1 Å². The van der Waals surface area contributed by atoms with Crippen LogP contribution in [0.25, 0.3) is 32.7 Å². The van der Waals surface area contributed by atoms with Gasteiger partial charge < -0.3 is 28.4 Å². The summed E-state index contributed by atoms with van der Waals surface area (Å²) in [5.74, 6) is 0. The minimum Gasteiger partial charge on any atom is -0.374 e. The Morgan fingerprint density at radius 3 is 1.26 bits per heavy atom. The van der Waals surface area contributed by atoms with Gasteiger partial charge in [0.25, 0.3) is 0 Å². The molecular weight excluding hydrogens is 743 g/mol. The minimum atomic E-state index is 0. The Balaban J connectivity index is -0.000000462. The van der Waals surface area contributed by atoms with E-state index in [4.69, 9.17) is 0 Å². The van der Waals surface area contributed by atoms with E-state index in [0.717, 1.165) is 10.9 Å². The number of nitrogens with zero attached hydrogens (tertiary/aromatic N) is 4. The summed E-state index contributed by atoms with van der Waals surface area (Å²) in [6.45, 7) is 12.0. The molecule has 219 valence electrons. The number of benzene rings is 3. The van der Waals surface area contributed by atoms with Crippen molar-refractivity contribution in [2.75, 3.05) is 0 Å². The molecule has 0 N–H and O–H groups in total. The average Bonchev–Trinajstić information content (AvgIpc) is 3.63. The van der Waals surface area contributed by atoms with Crippen LogP contribution in [0.1, 0.15) is 41.5 Å². The fourth-order valence-electron chi connectivity index (χ4n) is 3.35. The van der Waals surface area contributed by atoms with Gasteiger partial charge in [-0.2, -0.15) is 96.1 Å². The van der Waals surface area contributed by atoms with E-state index >= 15 is 0 Å². The van der Waals surface area contributed by atoms with Crippen LogP contribution in [0.15, 0.2) is 85.3 Å². The first-order valence-corrected chi connectivity index (χ1v) is 13.2. The fourth-order valence-corrected chi connectivity index (χ4v) is 3.35. The first kappa shape index (κ1) is 45.9. The molecule has 3 heterocycles. The summed E-state index contributed by atoms with van der Waals surface area (Å²) < 4.78 is 6.00. The molecule has 0 spiro atoms. The van der Waals surface area contributed by atoms with Gasteiger partial charge in [0.1, 0.15) is 0 Å². The largest absolute Gasteiger partial charge is 0.374 e. The molecule has 0 unspecified atom stereocenters. The van der Waals surface area contributed by atoms with Gasteiger partial charge in [-0.15, -0.1) is 29.0 Å². The van der Waals surface area contributed by atoms with Crippen LogP contribution >= 0.6 is 0 Å². The van der Waals surface area contributed by atoms with Crippen molar-refractivity contribution in [1.82, 2.24) is 18.9 Å². The zero-order valence-corrected chi connectivity index (χ0v) is 35.4. The topological polar surface area (TPSA) is 27.7 Å². The molecule has 3 aromatic carbocycles. The molecular formula is C35H44N4Y3-6. The van der Waals surface area contributed by atoms with Gasteiger partial charge in [-0.3, -0.25) is 4.68 Å². The average molecular weight is 787 g/mol. The van der Waals surface area contributed by atoms with Gasteiger partial charge >= 0.3 is 0 Å². The van der Waals surface area contributed by atoms with Crippen molar-refractivity contribution in [2.24, 2.45) is 21.1 Å². The SMILES string of the molecule is C[CH-]C.C[CH-]C.C[CH-]C.Cn1cc2c[c-]ccc2n1.Cn1ccc2c[c-]ccc21.Cn1ccc2c[c-]ccc21.[Y].[Y].[Y]. The van der Waals surface area contributed by atoms with E-state index in [1.54, 1.807) is 4.68 Å². The van der Waals surface area contributed by atoms with Gasteiger partial charge in [-0.05, 0) is 24.1 Å². The van der Waals surface area contributed by atoms with Crippen LogP contribution in [0.2, 0.25) is 0 Å². The van der Waals surface area contributed by atoms with E-state index in [1.807, 2.05) is 131 Å². The predicted molar refractivity (Wildman–Crippen MR) is 170 cm³/mol. The second-order valence-corrected chi connectivity index (χ2v) is 8.84. The second-order valence-electron chi connectivity index (χ2n) is 8.84. The fraction of sp³-hybridized carbons (Fsp3) is 0.257. The number of aryl methyl sites for hydroxylation is 3. The molecule has 0 saturated carbocycles. The van der Waals surface area contributed by atoms with Crippen LogP contribution in [-0.4, -0.2) is 18.9 Å². The van der Waals surface area contributed by atoms with E-state index in [1.165, 1.54) is 21.8 Å². The molecule has 0 saturated heterocycles.